The molecule has 1 saturated heterocycles. The molecule has 0 aromatic carbocycles. The van der Waals surface area contributed by atoms with E-state index in [0.717, 1.165) is 0 Å². The van der Waals surface area contributed by atoms with Gasteiger partial charge >= 0.3 is 0 Å². The molecule has 0 bridgehead atoms. The van der Waals surface area contributed by atoms with Gasteiger partial charge in [0.1, 0.15) is 5.78 Å². The second-order valence-corrected chi connectivity index (χ2v) is 5.16. The maximum absolute atomic E-state index is 11.2. The quantitative estimate of drug-likeness (QED) is 0.527. The topological polar surface area (TPSA) is 34.1 Å². The highest BCUT2D eigenvalue weighted by atomic mass is 32.2. The van der Waals surface area contributed by atoms with Gasteiger partial charge in [-0.05, 0) is 0 Å². The lowest BCUT2D eigenvalue weighted by atomic mass is 10.1. The van der Waals surface area contributed by atoms with Crippen LogP contribution in [-0.2, 0) is 15.6 Å². The van der Waals surface area contributed by atoms with Crippen molar-refractivity contribution in [1.82, 2.24) is 0 Å². The third kappa shape index (κ3) is 1.45. The summed E-state index contributed by atoms with van der Waals surface area (Å²) in [5, 5.41) is 0.160. The maximum atomic E-state index is 11.2. The summed E-state index contributed by atoms with van der Waals surface area (Å²) < 4.78 is 11.2. The molecule has 1 aliphatic rings. The van der Waals surface area contributed by atoms with Crippen LogP contribution in [0, 0.1) is 0 Å². The molecule has 0 radical (unpaired) electrons. The van der Waals surface area contributed by atoms with E-state index in [1.165, 1.54) is 0 Å². The number of hydrogen-bond acceptors (Lipinski definition) is 2. The Kier molecular flexibility index (Phi) is 2.24. The first-order valence-corrected chi connectivity index (χ1v) is 4.80. The summed E-state index contributed by atoms with van der Waals surface area (Å²) in [7, 11) is -0.771. The molecule has 1 heterocycles. The van der Waals surface area contributed by atoms with Gasteiger partial charge in [0.2, 0.25) is 0 Å². The monoisotopic (exact) mass is 160 g/mol. The molecule has 0 aliphatic carbocycles. The molecule has 0 aromatic rings. The Morgan fingerprint density at radius 3 is 2.10 bits per heavy atom. The van der Waals surface area contributed by atoms with E-state index < -0.39 is 10.8 Å². The second kappa shape index (κ2) is 2.82. The van der Waals surface area contributed by atoms with Crippen LogP contribution in [0.2, 0.25) is 0 Å². The summed E-state index contributed by atoms with van der Waals surface area (Å²) in [6.45, 7) is 3.76. The molecule has 10 heavy (non-hydrogen) atoms. The molecule has 2 unspecified atom stereocenters. The fraction of sp³-hybridized carbons (Fsp3) is 0.857. The summed E-state index contributed by atoms with van der Waals surface area (Å²) in [5.74, 6) is 0.264. The van der Waals surface area contributed by atoms with E-state index in [1.807, 2.05) is 13.8 Å². The number of carbonyl (C=O) groups is 1. The van der Waals surface area contributed by atoms with E-state index in [9.17, 15) is 9.00 Å². The predicted octanol–water partition coefficient (Wildman–Crippen LogP) is 0.875. The van der Waals surface area contributed by atoms with Crippen LogP contribution in [0.1, 0.15) is 26.7 Å². The standard InChI is InChI=1S/C7H12O2S/c1-5-3-7(8)4-6(2)10(5)9/h5-6H,3-4H2,1-2H3. The number of rotatable bonds is 0. The largest absolute Gasteiger partial charge is 0.300 e. The smallest absolute Gasteiger partial charge is 0.135 e. The van der Waals surface area contributed by atoms with E-state index in [1.54, 1.807) is 0 Å². The Balaban J connectivity index is 2.66. The zero-order valence-corrected chi connectivity index (χ0v) is 7.11. The summed E-state index contributed by atoms with van der Waals surface area (Å²) in [4.78, 5) is 10.9. The molecule has 0 amide bonds. The number of hydrogen-bond donors (Lipinski definition) is 0. The van der Waals surface area contributed by atoms with Gasteiger partial charge in [-0.25, -0.2) is 0 Å². The van der Waals surface area contributed by atoms with Crippen LogP contribution in [0.25, 0.3) is 0 Å². The highest BCUT2D eigenvalue weighted by molar-refractivity contribution is 7.86. The van der Waals surface area contributed by atoms with Crippen molar-refractivity contribution < 1.29 is 9.00 Å². The Labute approximate surface area is 63.5 Å². The van der Waals surface area contributed by atoms with Crippen molar-refractivity contribution in [2.24, 2.45) is 0 Å². The fourth-order valence-electron chi connectivity index (χ4n) is 1.29. The maximum Gasteiger partial charge on any atom is 0.135 e. The Morgan fingerprint density at radius 2 is 1.70 bits per heavy atom. The van der Waals surface area contributed by atoms with Crippen molar-refractivity contribution in [2.75, 3.05) is 0 Å². The Morgan fingerprint density at radius 1 is 1.30 bits per heavy atom. The van der Waals surface area contributed by atoms with Crippen molar-refractivity contribution in [3.63, 3.8) is 0 Å². The third-order valence-electron chi connectivity index (χ3n) is 1.82. The highest BCUT2D eigenvalue weighted by Gasteiger charge is 2.27. The highest BCUT2D eigenvalue weighted by Crippen LogP contribution is 2.18. The predicted molar refractivity (Wildman–Crippen MR) is 41.3 cm³/mol. The number of ketones is 1. The average molecular weight is 160 g/mol. The molecule has 3 heteroatoms. The van der Waals surface area contributed by atoms with Crippen molar-refractivity contribution >= 4 is 16.6 Å². The molecule has 1 fully saturated rings. The molecular weight excluding hydrogens is 148 g/mol. The van der Waals surface area contributed by atoms with Gasteiger partial charge in [-0.15, -0.1) is 0 Å². The van der Waals surface area contributed by atoms with Crippen LogP contribution in [-0.4, -0.2) is 20.5 Å². The zero-order chi connectivity index (χ0) is 7.72. The first kappa shape index (κ1) is 7.92. The van der Waals surface area contributed by atoms with Crippen LogP contribution in [0.3, 0.4) is 0 Å². The molecule has 2 nitrogen and oxygen atoms in total. The molecule has 0 aromatic heterocycles. The molecule has 1 rings (SSSR count). The van der Waals surface area contributed by atoms with Crippen molar-refractivity contribution in [3.8, 4) is 0 Å². The van der Waals surface area contributed by atoms with Gasteiger partial charge in [-0.3, -0.25) is 9.00 Å². The SMILES string of the molecule is CC1CC(=O)CC(C)S1=O. The second-order valence-electron chi connectivity index (χ2n) is 2.90. The number of Topliss-reactive ketones (excluding diaryl/α,β-unsaturated/α-hetero) is 1. The van der Waals surface area contributed by atoms with Crippen LogP contribution in [0.5, 0.6) is 0 Å². The Bertz CT molecular complexity index is 160. The molecule has 58 valence electrons. The van der Waals surface area contributed by atoms with E-state index in [-0.39, 0.29) is 16.3 Å². The van der Waals surface area contributed by atoms with Crippen LogP contribution in [0.15, 0.2) is 0 Å². The summed E-state index contributed by atoms with van der Waals surface area (Å²) >= 11 is 0. The lowest BCUT2D eigenvalue weighted by molar-refractivity contribution is -0.119. The normalized spacial score (nSPS) is 41.8. The van der Waals surface area contributed by atoms with Crippen molar-refractivity contribution in [2.45, 2.75) is 37.2 Å². The van der Waals surface area contributed by atoms with Crippen LogP contribution < -0.4 is 0 Å². The fourth-order valence-corrected chi connectivity index (χ4v) is 2.78. The van der Waals surface area contributed by atoms with Gasteiger partial charge in [-0.1, -0.05) is 13.8 Å². The van der Waals surface area contributed by atoms with E-state index in [4.69, 9.17) is 0 Å². The van der Waals surface area contributed by atoms with Gasteiger partial charge in [0.25, 0.3) is 0 Å². The zero-order valence-electron chi connectivity index (χ0n) is 6.29. The third-order valence-corrected chi connectivity index (χ3v) is 3.74. The van der Waals surface area contributed by atoms with Crippen molar-refractivity contribution in [1.29, 1.82) is 0 Å². The van der Waals surface area contributed by atoms with Gasteiger partial charge in [0.05, 0.1) is 0 Å². The summed E-state index contributed by atoms with van der Waals surface area (Å²) in [6.07, 6.45) is 1.02. The van der Waals surface area contributed by atoms with Crippen molar-refractivity contribution in [3.05, 3.63) is 0 Å². The van der Waals surface area contributed by atoms with Crippen LogP contribution >= 0.6 is 0 Å². The van der Waals surface area contributed by atoms with E-state index >= 15 is 0 Å². The van der Waals surface area contributed by atoms with Gasteiger partial charge < -0.3 is 0 Å². The minimum Gasteiger partial charge on any atom is -0.300 e. The van der Waals surface area contributed by atoms with Crippen LogP contribution in [0.4, 0.5) is 0 Å². The van der Waals surface area contributed by atoms with E-state index in [2.05, 4.69) is 0 Å². The first-order chi connectivity index (χ1) is 4.61. The molecule has 2 atom stereocenters. The van der Waals surface area contributed by atoms with Gasteiger partial charge in [0.15, 0.2) is 0 Å². The lowest BCUT2D eigenvalue weighted by Gasteiger charge is -2.21. The molecule has 0 saturated carbocycles. The lowest BCUT2D eigenvalue weighted by Crippen LogP contribution is -2.32. The molecule has 1 aliphatic heterocycles. The molecule has 0 N–H and O–H groups in total. The minimum atomic E-state index is -0.771. The van der Waals surface area contributed by atoms with Gasteiger partial charge in [-0.2, -0.15) is 0 Å². The molecule has 0 spiro atoms. The average Bonchev–Trinajstić information content (AvgIpc) is 1.82. The summed E-state index contributed by atoms with van der Waals surface area (Å²) in [5.41, 5.74) is 0. The Hall–Kier alpha value is -0.180. The number of carbonyl (C=O) groups excluding carboxylic acids is 1. The molecular formula is C7H12O2S. The summed E-state index contributed by atoms with van der Waals surface area (Å²) in [6, 6.07) is 0. The van der Waals surface area contributed by atoms with E-state index in [0.29, 0.717) is 12.8 Å². The minimum absolute atomic E-state index is 0.0799. The van der Waals surface area contributed by atoms with Gasteiger partial charge in [0, 0.05) is 34.1 Å². The first-order valence-electron chi connectivity index (χ1n) is 3.52.